The maximum absolute atomic E-state index is 11.4. The molecule has 2 heterocycles. The maximum atomic E-state index is 11.4. The highest BCUT2D eigenvalue weighted by molar-refractivity contribution is 7.17. The van der Waals surface area contributed by atoms with Gasteiger partial charge in [-0.05, 0) is 23.4 Å². The molecular weight excluding hydrogens is 184 g/mol. The molecule has 0 spiro atoms. The van der Waals surface area contributed by atoms with Gasteiger partial charge in [0.2, 0.25) is 0 Å². The molecule has 0 aliphatic heterocycles. The van der Waals surface area contributed by atoms with Gasteiger partial charge in [0.15, 0.2) is 0 Å². The molecule has 0 unspecified atom stereocenters. The fourth-order valence-corrected chi connectivity index (χ4v) is 2.48. The number of thiophene rings is 1. The molecule has 0 aliphatic carbocycles. The topological polar surface area (TPSA) is 58.9 Å². The van der Waals surface area contributed by atoms with Crippen LogP contribution < -0.4 is 11.3 Å². The first-order valence-electron chi connectivity index (χ1n) is 4.02. The molecule has 0 fully saturated rings. The number of rotatable bonds is 1. The average Bonchev–Trinajstić information content (AvgIpc) is 2.50. The summed E-state index contributed by atoms with van der Waals surface area (Å²) in [6, 6.07) is 0. The number of aromatic amines is 1. The Morgan fingerprint density at radius 2 is 2.38 bits per heavy atom. The summed E-state index contributed by atoms with van der Waals surface area (Å²) in [5, 5.41) is 2.77. The van der Waals surface area contributed by atoms with Gasteiger partial charge < -0.3 is 10.7 Å². The second-order valence-electron chi connectivity index (χ2n) is 2.97. The fraction of sp³-hybridized carbons (Fsp3) is 0.222. The molecular formula is C9H10N2OS. The summed E-state index contributed by atoms with van der Waals surface area (Å²) >= 11 is 1.58. The van der Waals surface area contributed by atoms with E-state index in [1.807, 2.05) is 12.3 Å². The van der Waals surface area contributed by atoms with Crippen LogP contribution in [0.3, 0.4) is 0 Å². The van der Waals surface area contributed by atoms with Gasteiger partial charge in [-0.1, -0.05) is 0 Å². The van der Waals surface area contributed by atoms with Gasteiger partial charge in [-0.25, -0.2) is 0 Å². The lowest BCUT2D eigenvalue weighted by atomic mass is 10.2. The van der Waals surface area contributed by atoms with E-state index in [0.717, 1.165) is 21.2 Å². The summed E-state index contributed by atoms with van der Waals surface area (Å²) in [5.74, 6) is 0. The minimum Gasteiger partial charge on any atom is -0.328 e. The molecule has 4 heteroatoms. The number of pyridine rings is 1. The minimum atomic E-state index is -0.0223. The van der Waals surface area contributed by atoms with Crippen LogP contribution in [0.5, 0.6) is 0 Å². The van der Waals surface area contributed by atoms with E-state index >= 15 is 0 Å². The first kappa shape index (κ1) is 8.47. The second-order valence-corrected chi connectivity index (χ2v) is 3.85. The number of H-pyrrole nitrogens is 1. The van der Waals surface area contributed by atoms with Crippen LogP contribution in [0.15, 0.2) is 16.4 Å². The predicted molar refractivity (Wildman–Crippen MR) is 55.1 cm³/mol. The van der Waals surface area contributed by atoms with E-state index in [0.29, 0.717) is 6.54 Å². The zero-order chi connectivity index (χ0) is 9.42. The summed E-state index contributed by atoms with van der Waals surface area (Å²) < 4.78 is 1.02. The molecule has 2 rings (SSSR count). The highest BCUT2D eigenvalue weighted by Crippen LogP contribution is 2.24. The number of hydrogen-bond acceptors (Lipinski definition) is 3. The molecule has 0 aromatic carbocycles. The summed E-state index contributed by atoms with van der Waals surface area (Å²) in [6.07, 6.45) is 1.70. The van der Waals surface area contributed by atoms with Crippen LogP contribution in [0.4, 0.5) is 0 Å². The van der Waals surface area contributed by atoms with E-state index in [1.165, 1.54) is 0 Å². The second kappa shape index (κ2) is 2.97. The van der Waals surface area contributed by atoms with Gasteiger partial charge in [0.05, 0.1) is 5.39 Å². The summed E-state index contributed by atoms with van der Waals surface area (Å²) in [5.41, 5.74) is 7.57. The summed E-state index contributed by atoms with van der Waals surface area (Å²) in [7, 11) is 0. The number of aromatic nitrogens is 1. The van der Waals surface area contributed by atoms with Crippen molar-refractivity contribution >= 4 is 21.4 Å². The Balaban J connectivity index is 2.95. The van der Waals surface area contributed by atoms with Crippen molar-refractivity contribution in [3.05, 3.63) is 33.1 Å². The van der Waals surface area contributed by atoms with Crippen molar-refractivity contribution < 1.29 is 0 Å². The van der Waals surface area contributed by atoms with Gasteiger partial charge in [-0.15, -0.1) is 11.3 Å². The molecule has 2 aromatic heterocycles. The quantitative estimate of drug-likeness (QED) is 0.720. The Bertz CT molecular complexity index is 498. The van der Waals surface area contributed by atoms with Crippen molar-refractivity contribution in [1.82, 2.24) is 4.98 Å². The van der Waals surface area contributed by atoms with Gasteiger partial charge in [-0.3, -0.25) is 4.79 Å². The number of fused-ring (bicyclic) bond motifs is 1. The third-order valence-corrected chi connectivity index (χ3v) is 3.26. The van der Waals surface area contributed by atoms with E-state index in [2.05, 4.69) is 4.98 Å². The van der Waals surface area contributed by atoms with Gasteiger partial charge in [0, 0.05) is 17.4 Å². The summed E-state index contributed by atoms with van der Waals surface area (Å²) in [4.78, 5) is 14.1. The fourth-order valence-electron chi connectivity index (χ4n) is 1.40. The van der Waals surface area contributed by atoms with Crippen LogP contribution in [0.1, 0.15) is 11.1 Å². The van der Waals surface area contributed by atoms with Gasteiger partial charge >= 0.3 is 0 Å². The molecule has 0 saturated carbocycles. The van der Waals surface area contributed by atoms with Gasteiger partial charge in [0.1, 0.15) is 0 Å². The Morgan fingerprint density at radius 1 is 1.62 bits per heavy atom. The van der Waals surface area contributed by atoms with Crippen molar-refractivity contribution in [3.63, 3.8) is 0 Å². The van der Waals surface area contributed by atoms with Crippen LogP contribution in [0.25, 0.3) is 10.1 Å². The maximum Gasteiger partial charge on any atom is 0.256 e. The molecule has 3 nitrogen and oxygen atoms in total. The number of aryl methyl sites for hydroxylation is 1. The Hall–Kier alpha value is -1.13. The molecule has 0 aliphatic rings. The van der Waals surface area contributed by atoms with Gasteiger partial charge in [-0.2, -0.15) is 0 Å². The number of nitrogens with one attached hydrogen (secondary N) is 1. The largest absolute Gasteiger partial charge is 0.328 e. The Morgan fingerprint density at radius 3 is 3.08 bits per heavy atom. The minimum absolute atomic E-state index is 0.0223. The average molecular weight is 194 g/mol. The molecule has 13 heavy (non-hydrogen) atoms. The molecule has 0 radical (unpaired) electrons. The molecule has 3 N–H and O–H groups in total. The highest BCUT2D eigenvalue weighted by atomic mass is 32.1. The van der Waals surface area contributed by atoms with Crippen LogP contribution in [-0.2, 0) is 6.54 Å². The normalized spacial score (nSPS) is 10.9. The monoisotopic (exact) mass is 194 g/mol. The van der Waals surface area contributed by atoms with Crippen LogP contribution in [0, 0.1) is 6.92 Å². The molecule has 0 amide bonds. The van der Waals surface area contributed by atoms with Crippen LogP contribution >= 0.6 is 11.3 Å². The Labute approximate surface area is 79.2 Å². The number of hydrogen-bond donors (Lipinski definition) is 2. The van der Waals surface area contributed by atoms with E-state index in [-0.39, 0.29) is 5.56 Å². The van der Waals surface area contributed by atoms with Crippen molar-refractivity contribution in [2.45, 2.75) is 13.5 Å². The first-order chi connectivity index (χ1) is 6.24. The molecule has 0 atom stereocenters. The lowest BCUT2D eigenvalue weighted by Gasteiger charge is -1.97. The van der Waals surface area contributed by atoms with Gasteiger partial charge in [0.25, 0.3) is 5.56 Å². The lowest BCUT2D eigenvalue weighted by molar-refractivity contribution is 1.06. The number of nitrogens with two attached hydrogens (primary N) is 1. The third-order valence-electron chi connectivity index (χ3n) is 2.09. The predicted octanol–water partition coefficient (Wildman–Crippen LogP) is 1.36. The van der Waals surface area contributed by atoms with Crippen LogP contribution in [0.2, 0.25) is 0 Å². The zero-order valence-electron chi connectivity index (χ0n) is 7.26. The standard InChI is InChI=1S/C9H10N2OS/c1-5-4-13-8-6(2-10)3-11-9(12)7(5)8/h3-4H,2,10H2,1H3,(H,11,12). The van der Waals surface area contributed by atoms with Crippen molar-refractivity contribution in [2.24, 2.45) is 5.73 Å². The highest BCUT2D eigenvalue weighted by Gasteiger charge is 2.07. The smallest absolute Gasteiger partial charge is 0.256 e. The lowest BCUT2D eigenvalue weighted by Crippen LogP contribution is -2.08. The van der Waals surface area contributed by atoms with Crippen LogP contribution in [-0.4, -0.2) is 4.98 Å². The summed E-state index contributed by atoms with van der Waals surface area (Å²) in [6.45, 7) is 2.40. The molecule has 2 aromatic rings. The SMILES string of the molecule is Cc1csc2c(CN)c[nH]c(=O)c12. The zero-order valence-corrected chi connectivity index (χ0v) is 8.07. The molecule has 0 bridgehead atoms. The molecule has 0 saturated heterocycles. The third kappa shape index (κ3) is 1.18. The molecule has 68 valence electrons. The van der Waals surface area contributed by atoms with Crippen molar-refractivity contribution in [2.75, 3.05) is 0 Å². The van der Waals surface area contributed by atoms with Crippen molar-refractivity contribution in [3.8, 4) is 0 Å². The first-order valence-corrected chi connectivity index (χ1v) is 4.90. The van der Waals surface area contributed by atoms with E-state index in [4.69, 9.17) is 5.73 Å². The van der Waals surface area contributed by atoms with E-state index in [1.54, 1.807) is 17.5 Å². The van der Waals surface area contributed by atoms with Crippen molar-refractivity contribution in [1.29, 1.82) is 0 Å². The van der Waals surface area contributed by atoms with E-state index < -0.39 is 0 Å². The van der Waals surface area contributed by atoms with E-state index in [9.17, 15) is 4.79 Å². The Kier molecular flexibility index (Phi) is 1.94.